The third-order valence-electron chi connectivity index (χ3n) is 4.19. The number of methoxy groups -OCH3 is 2. The van der Waals surface area contributed by atoms with Crippen LogP contribution in [-0.4, -0.2) is 29.7 Å². The van der Waals surface area contributed by atoms with E-state index in [-0.39, 0.29) is 11.9 Å². The van der Waals surface area contributed by atoms with Gasteiger partial charge >= 0.3 is 0 Å². The van der Waals surface area contributed by atoms with Gasteiger partial charge in [-0.25, -0.2) is 4.98 Å². The number of hydrogen-bond donors (Lipinski definition) is 1. The van der Waals surface area contributed by atoms with E-state index >= 15 is 0 Å². The number of hydrogen-bond acceptors (Lipinski definition) is 4. The van der Waals surface area contributed by atoms with Crippen LogP contribution in [0.25, 0.3) is 5.69 Å². The molecule has 1 N–H and O–H groups in total. The minimum absolute atomic E-state index is 0.146. The number of ether oxygens (including phenoxy) is 2. The summed E-state index contributed by atoms with van der Waals surface area (Å²) in [6.45, 7) is 1.92. The van der Waals surface area contributed by atoms with Crippen molar-refractivity contribution in [3.63, 3.8) is 0 Å². The summed E-state index contributed by atoms with van der Waals surface area (Å²) in [5, 5.41) is 3.00. The van der Waals surface area contributed by atoms with Crippen molar-refractivity contribution in [2.75, 3.05) is 14.2 Å². The van der Waals surface area contributed by atoms with Gasteiger partial charge in [-0.2, -0.15) is 0 Å². The molecule has 0 aliphatic rings. The van der Waals surface area contributed by atoms with E-state index in [4.69, 9.17) is 9.47 Å². The Kier molecular flexibility index (Phi) is 5.22. The van der Waals surface area contributed by atoms with Gasteiger partial charge in [-0.15, -0.1) is 0 Å². The summed E-state index contributed by atoms with van der Waals surface area (Å²) in [6, 6.07) is 12.7. The molecule has 134 valence electrons. The zero-order valence-electron chi connectivity index (χ0n) is 15.0. The van der Waals surface area contributed by atoms with Gasteiger partial charge in [0.25, 0.3) is 5.91 Å². The number of aromatic nitrogens is 2. The Morgan fingerprint density at radius 2 is 1.88 bits per heavy atom. The summed E-state index contributed by atoms with van der Waals surface area (Å²) in [4.78, 5) is 16.6. The van der Waals surface area contributed by atoms with Gasteiger partial charge in [0, 0.05) is 35.3 Å². The van der Waals surface area contributed by atoms with Crippen LogP contribution in [0.4, 0.5) is 0 Å². The Morgan fingerprint density at radius 3 is 2.50 bits per heavy atom. The Morgan fingerprint density at radius 1 is 1.12 bits per heavy atom. The first kappa shape index (κ1) is 17.5. The predicted molar refractivity (Wildman–Crippen MR) is 99.0 cm³/mol. The maximum absolute atomic E-state index is 12.6. The van der Waals surface area contributed by atoms with Gasteiger partial charge in [0.15, 0.2) is 0 Å². The van der Waals surface area contributed by atoms with Crippen molar-refractivity contribution in [3.8, 4) is 17.2 Å². The first-order chi connectivity index (χ1) is 12.6. The number of nitrogens with one attached hydrogen (secondary N) is 1. The average Bonchev–Trinajstić information content (AvgIpc) is 3.22. The normalized spacial score (nSPS) is 11.7. The quantitative estimate of drug-likeness (QED) is 0.739. The summed E-state index contributed by atoms with van der Waals surface area (Å²) in [7, 11) is 3.20. The van der Waals surface area contributed by atoms with Crippen molar-refractivity contribution in [1.82, 2.24) is 14.9 Å². The molecule has 0 saturated carbocycles. The van der Waals surface area contributed by atoms with Gasteiger partial charge in [-0.05, 0) is 43.3 Å². The summed E-state index contributed by atoms with van der Waals surface area (Å²) in [6.07, 6.45) is 5.28. The van der Waals surface area contributed by atoms with E-state index in [0.29, 0.717) is 17.1 Å². The lowest BCUT2D eigenvalue weighted by molar-refractivity contribution is 0.0939. The monoisotopic (exact) mass is 351 g/mol. The summed E-state index contributed by atoms with van der Waals surface area (Å²) < 4.78 is 12.5. The molecule has 0 aliphatic carbocycles. The minimum atomic E-state index is -0.211. The molecule has 1 heterocycles. The van der Waals surface area contributed by atoms with Crippen LogP contribution >= 0.6 is 0 Å². The van der Waals surface area contributed by atoms with Crippen LogP contribution < -0.4 is 14.8 Å². The topological polar surface area (TPSA) is 65.4 Å². The highest BCUT2D eigenvalue weighted by molar-refractivity contribution is 5.94. The lowest BCUT2D eigenvalue weighted by Gasteiger charge is -2.18. The van der Waals surface area contributed by atoms with Crippen LogP contribution in [0, 0.1) is 0 Å². The zero-order chi connectivity index (χ0) is 18.5. The highest BCUT2D eigenvalue weighted by atomic mass is 16.5. The SMILES string of the molecule is COc1ccc(C(C)NC(=O)c2ccc(-n3ccnc3)cc2)c(OC)c1. The number of carbonyl (C=O) groups is 1. The number of imidazole rings is 1. The molecule has 0 aliphatic heterocycles. The lowest BCUT2D eigenvalue weighted by atomic mass is 10.1. The predicted octanol–water partition coefficient (Wildman–Crippen LogP) is 3.38. The van der Waals surface area contributed by atoms with Crippen LogP contribution in [-0.2, 0) is 0 Å². The Balaban J connectivity index is 1.73. The third-order valence-corrected chi connectivity index (χ3v) is 4.19. The molecule has 0 fully saturated rings. The van der Waals surface area contributed by atoms with Crippen molar-refractivity contribution in [2.45, 2.75) is 13.0 Å². The molecule has 6 nitrogen and oxygen atoms in total. The fourth-order valence-electron chi connectivity index (χ4n) is 2.73. The number of benzene rings is 2. The lowest BCUT2D eigenvalue weighted by Crippen LogP contribution is -2.26. The molecule has 1 aromatic heterocycles. The van der Waals surface area contributed by atoms with E-state index in [1.54, 1.807) is 44.9 Å². The number of rotatable bonds is 6. The molecule has 6 heteroatoms. The maximum Gasteiger partial charge on any atom is 0.251 e. The molecule has 1 atom stereocenters. The van der Waals surface area contributed by atoms with E-state index in [9.17, 15) is 4.79 Å². The molecule has 1 unspecified atom stereocenters. The summed E-state index contributed by atoms with van der Waals surface area (Å²) in [5.74, 6) is 1.24. The number of carbonyl (C=O) groups excluding carboxylic acids is 1. The fourth-order valence-corrected chi connectivity index (χ4v) is 2.73. The van der Waals surface area contributed by atoms with Gasteiger partial charge in [-0.1, -0.05) is 0 Å². The highest BCUT2D eigenvalue weighted by Crippen LogP contribution is 2.29. The van der Waals surface area contributed by atoms with Crippen LogP contribution in [0.1, 0.15) is 28.9 Å². The molecule has 3 rings (SSSR count). The van der Waals surface area contributed by atoms with Crippen LogP contribution in [0.5, 0.6) is 11.5 Å². The van der Waals surface area contributed by atoms with E-state index in [2.05, 4.69) is 10.3 Å². The standard InChI is InChI=1S/C20H21N3O3/c1-14(18-9-8-17(25-2)12-19(18)26-3)22-20(24)15-4-6-16(7-5-15)23-11-10-21-13-23/h4-14H,1-3H3,(H,22,24). The van der Waals surface area contributed by atoms with Gasteiger partial charge in [0.2, 0.25) is 0 Å². The third kappa shape index (κ3) is 3.69. The van der Waals surface area contributed by atoms with Gasteiger partial charge in [0.1, 0.15) is 11.5 Å². The van der Waals surface area contributed by atoms with E-state index in [0.717, 1.165) is 11.3 Å². The second-order valence-corrected chi connectivity index (χ2v) is 5.82. The Bertz CT molecular complexity index is 874. The maximum atomic E-state index is 12.6. The Hall–Kier alpha value is -3.28. The first-order valence-electron chi connectivity index (χ1n) is 8.23. The van der Waals surface area contributed by atoms with E-state index < -0.39 is 0 Å². The van der Waals surface area contributed by atoms with Crippen molar-refractivity contribution >= 4 is 5.91 Å². The molecule has 0 spiro atoms. The number of amides is 1. The van der Waals surface area contributed by atoms with Gasteiger partial charge < -0.3 is 19.4 Å². The molecule has 3 aromatic rings. The average molecular weight is 351 g/mol. The molecular formula is C20H21N3O3. The Labute approximate surface area is 152 Å². The second kappa shape index (κ2) is 7.74. The van der Waals surface area contributed by atoms with Crippen molar-refractivity contribution < 1.29 is 14.3 Å². The van der Waals surface area contributed by atoms with Gasteiger partial charge in [0.05, 0.1) is 26.6 Å². The molecule has 0 radical (unpaired) electrons. The number of nitrogens with zero attached hydrogens (tertiary/aromatic N) is 2. The molecular weight excluding hydrogens is 330 g/mol. The van der Waals surface area contributed by atoms with Crippen molar-refractivity contribution in [2.24, 2.45) is 0 Å². The first-order valence-corrected chi connectivity index (χ1v) is 8.23. The zero-order valence-corrected chi connectivity index (χ0v) is 15.0. The van der Waals surface area contributed by atoms with Crippen LogP contribution in [0.2, 0.25) is 0 Å². The van der Waals surface area contributed by atoms with E-state index in [1.807, 2.05) is 42.0 Å². The summed E-state index contributed by atoms with van der Waals surface area (Å²) >= 11 is 0. The second-order valence-electron chi connectivity index (χ2n) is 5.82. The molecule has 1 amide bonds. The van der Waals surface area contributed by atoms with E-state index in [1.165, 1.54) is 0 Å². The van der Waals surface area contributed by atoms with Crippen LogP contribution in [0.3, 0.4) is 0 Å². The molecule has 0 bridgehead atoms. The smallest absolute Gasteiger partial charge is 0.251 e. The largest absolute Gasteiger partial charge is 0.497 e. The fraction of sp³-hybridized carbons (Fsp3) is 0.200. The van der Waals surface area contributed by atoms with Crippen molar-refractivity contribution in [3.05, 3.63) is 72.3 Å². The summed E-state index contributed by atoms with van der Waals surface area (Å²) in [5.41, 5.74) is 2.42. The van der Waals surface area contributed by atoms with Crippen LogP contribution in [0.15, 0.2) is 61.2 Å². The molecule has 2 aromatic carbocycles. The van der Waals surface area contributed by atoms with Crippen molar-refractivity contribution in [1.29, 1.82) is 0 Å². The van der Waals surface area contributed by atoms with Gasteiger partial charge in [-0.3, -0.25) is 4.79 Å². The highest BCUT2D eigenvalue weighted by Gasteiger charge is 2.16. The molecule has 26 heavy (non-hydrogen) atoms. The molecule has 0 saturated heterocycles. The minimum Gasteiger partial charge on any atom is -0.497 e.